The first-order valence-electron chi connectivity index (χ1n) is 11.9. The topological polar surface area (TPSA) is 102 Å². The van der Waals surface area contributed by atoms with E-state index in [0.29, 0.717) is 22.6 Å². The number of methoxy groups -OCH3 is 1. The van der Waals surface area contributed by atoms with Crippen LogP contribution in [0.2, 0.25) is 0 Å². The Bertz CT molecular complexity index is 1370. The number of benzene rings is 2. The second-order valence-electron chi connectivity index (χ2n) is 9.27. The first-order valence-corrected chi connectivity index (χ1v) is 12.8. The molecule has 0 saturated carbocycles. The lowest BCUT2D eigenvalue weighted by Crippen LogP contribution is -2.45. The Kier molecular flexibility index (Phi) is 6.74. The van der Waals surface area contributed by atoms with Gasteiger partial charge in [-0.25, -0.2) is 4.79 Å². The zero-order valence-electron chi connectivity index (χ0n) is 20.7. The summed E-state index contributed by atoms with van der Waals surface area (Å²) in [6.07, 6.45) is 0. The van der Waals surface area contributed by atoms with E-state index < -0.39 is 35.8 Å². The number of aliphatic carboxylic acids is 1. The molecule has 4 unspecified atom stereocenters. The molecular weight excluding hydrogens is 494 g/mol. The highest BCUT2D eigenvalue weighted by Gasteiger charge is 2.58. The highest BCUT2D eigenvalue weighted by Crippen LogP contribution is 2.54. The second kappa shape index (κ2) is 9.99. The number of thiophene rings is 1. The SMILES string of the molecule is COCC(=O)N1C(C(=O)O)C(c2sccc2C)C(C(=O)c2ccccc2C)C1c1ccc2c(c1)OCO2. The number of amides is 1. The van der Waals surface area contributed by atoms with E-state index in [4.69, 9.17) is 14.2 Å². The average Bonchev–Trinajstić information content (AvgIpc) is 3.59. The molecule has 1 amide bonds. The van der Waals surface area contributed by atoms with Crippen LogP contribution in [0.15, 0.2) is 53.9 Å². The molecule has 1 N–H and O–H groups in total. The molecule has 1 aromatic heterocycles. The minimum absolute atomic E-state index is 0.0656. The van der Waals surface area contributed by atoms with Crippen LogP contribution in [0.1, 0.15) is 43.9 Å². The normalized spacial score (nSPS) is 22.3. The van der Waals surface area contributed by atoms with E-state index in [1.54, 1.807) is 30.3 Å². The number of fused-ring (bicyclic) bond motifs is 1. The predicted molar refractivity (Wildman–Crippen MR) is 136 cm³/mol. The molecule has 2 aliphatic rings. The van der Waals surface area contributed by atoms with Gasteiger partial charge in [0.05, 0.1) is 12.0 Å². The van der Waals surface area contributed by atoms with Gasteiger partial charge >= 0.3 is 5.97 Å². The lowest BCUT2D eigenvalue weighted by Gasteiger charge is -2.30. The van der Waals surface area contributed by atoms with Crippen LogP contribution in [0.5, 0.6) is 11.5 Å². The van der Waals surface area contributed by atoms with Crippen LogP contribution < -0.4 is 9.47 Å². The number of ketones is 1. The zero-order chi connectivity index (χ0) is 26.3. The maximum atomic E-state index is 14.4. The molecule has 0 radical (unpaired) electrons. The summed E-state index contributed by atoms with van der Waals surface area (Å²) in [6.45, 7) is 3.50. The van der Waals surface area contributed by atoms with Gasteiger partial charge in [-0.05, 0) is 54.1 Å². The van der Waals surface area contributed by atoms with E-state index in [2.05, 4.69) is 0 Å². The van der Waals surface area contributed by atoms with Crippen LogP contribution in [-0.4, -0.2) is 54.2 Å². The summed E-state index contributed by atoms with van der Waals surface area (Å²) in [5, 5.41) is 12.4. The van der Waals surface area contributed by atoms with Crippen LogP contribution in [0.4, 0.5) is 0 Å². The highest BCUT2D eigenvalue weighted by molar-refractivity contribution is 7.10. The van der Waals surface area contributed by atoms with Gasteiger partial charge in [0.15, 0.2) is 17.3 Å². The van der Waals surface area contributed by atoms with Gasteiger partial charge in [0, 0.05) is 23.5 Å². The van der Waals surface area contributed by atoms with Crippen LogP contribution in [0.25, 0.3) is 0 Å². The number of carboxylic acids is 1. The van der Waals surface area contributed by atoms with Gasteiger partial charge in [-0.1, -0.05) is 30.3 Å². The van der Waals surface area contributed by atoms with Crippen LogP contribution >= 0.6 is 11.3 Å². The van der Waals surface area contributed by atoms with E-state index >= 15 is 0 Å². The van der Waals surface area contributed by atoms with E-state index in [0.717, 1.165) is 16.0 Å². The molecule has 9 heteroatoms. The Balaban J connectivity index is 1.76. The number of likely N-dealkylation sites (tertiary alicyclic amines) is 1. The van der Waals surface area contributed by atoms with Crippen LogP contribution in [-0.2, 0) is 14.3 Å². The van der Waals surface area contributed by atoms with Gasteiger partial charge in [-0.3, -0.25) is 9.59 Å². The van der Waals surface area contributed by atoms with Crippen molar-refractivity contribution in [1.82, 2.24) is 4.90 Å². The molecule has 3 heterocycles. The number of carboxylic acid groups (broad SMARTS) is 1. The van der Waals surface area contributed by atoms with Crippen molar-refractivity contribution in [1.29, 1.82) is 0 Å². The molecule has 0 spiro atoms. The first kappa shape index (κ1) is 25.0. The van der Waals surface area contributed by atoms with Crippen LogP contribution in [0, 0.1) is 19.8 Å². The third-order valence-electron chi connectivity index (χ3n) is 7.13. The number of hydrogen-bond acceptors (Lipinski definition) is 7. The highest BCUT2D eigenvalue weighted by atomic mass is 32.1. The molecule has 1 fully saturated rings. The van der Waals surface area contributed by atoms with Gasteiger partial charge in [-0.2, -0.15) is 0 Å². The largest absolute Gasteiger partial charge is 0.480 e. The second-order valence-corrected chi connectivity index (χ2v) is 10.2. The third-order valence-corrected chi connectivity index (χ3v) is 8.25. The minimum atomic E-state index is -1.27. The predicted octanol–water partition coefficient (Wildman–Crippen LogP) is 4.36. The lowest BCUT2D eigenvalue weighted by atomic mass is 9.77. The summed E-state index contributed by atoms with van der Waals surface area (Å²) < 4.78 is 16.2. The van der Waals surface area contributed by atoms with Crippen molar-refractivity contribution in [3.8, 4) is 11.5 Å². The molecule has 1 saturated heterocycles. The summed E-state index contributed by atoms with van der Waals surface area (Å²) in [6, 6.07) is 12.3. The number of aryl methyl sites for hydroxylation is 2. The maximum Gasteiger partial charge on any atom is 0.327 e. The molecule has 4 atom stereocenters. The number of Topliss-reactive ketones (excluding diaryl/α,β-unsaturated/α-hetero) is 1. The minimum Gasteiger partial charge on any atom is -0.480 e. The summed E-state index contributed by atoms with van der Waals surface area (Å²) in [7, 11) is 1.39. The molecule has 0 aliphatic carbocycles. The first-order chi connectivity index (χ1) is 17.8. The summed E-state index contributed by atoms with van der Waals surface area (Å²) >= 11 is 1.40. The molecule has 5 rings (SSSR count). The van der Waals surface area contributed by atoms with Crippen molar-refractivity contribution in [2.75, 3.05) is 20.5 Å². The molecule has 0 bridgehead atoms. The molecule has 37 heavy (non-hydrogen) atoms. The fourth-order valence-electron chi connectivity index (χ4n) is 5.53. The van der Waals surface area contributed by atoms with Crippen molar-refractivity contribution < 1.29 is 33.7 Å². The number of ether oxygens (including phenoxy) is 3. The lowest BCUT2D eigenvalue weighted by molar-refractivity contribution is -0.151. The van der Waals surface area contributed by atoms with Crippen molar-refractivity contribution in [3.63, 3.8) is 0 Å². The monoisotopic (exact) mass is 521 g/mol. The van der Waals surface area contributed by atoms with Crippen molar-refractivity contribution in [2.24, 2.45) is 5.92 Å². The van der Waals surface area contributed by atoms with Crippen molar-refractivity contribution >= 4 is 29.0 Å². The summed E-state index contributed by atoms with van der Waals surface area (Å²) in [5.41, 5.74) is 2.77. The fraction of sp³-hybridized carbons (Fsp3) is 0.321. The fourth-order valence-corrected chi connectivity index (χ4v) is 6.63. The van der Waals surface area contributed by atoms with E-state index in [1.807, 2.05) is 37.4 Å². The van der Waals surface area contributed by atoms with Crippen LogP contribution in [0.3, 0.4) is 0 Å². The Morgan fingerprint density at radius 3 is 2.49 bits per heavy atom. The van der Waals surface area contributed by atoms with Crippen molar-refractivity contribution in [2.45, 2.75) is 31.8 Å². The van der Waals surface area contributed by atoms with Crippen molar-refractivity contribution in [3.05, 3.63) is 81.0 Å². The molecular formula is C28H27NO7S. The van der Waals surface area contributed by atoms with Gasteiger partial charge in [0.25, 0.3) is 0 Å². The van der Waals surface area contributed by atoms with Gasteiger partial charge in [0.1, 0.15) is 12.6 Å². The molecule has 2 aliphatic heterocycles. The quantitative estimate of drug-likeness (QED) is 0.461. The number of carbonyl (C=O) groups is 3. The standard InChI is InChI=1S/C28H27NO7S/c1-15-6-4-5-7-18(15)26(31)22-23(27-16(2)10-11-37-27)25(28(32)33)29(21(30)13-34-3)24(22)17-8-9-19-20(12-17)36-14-35-19/h4-12,22-25H,13-14H2,1-3H3,(H,32,33). The van der Waals surface area contributed by atoms with Gasteiger partial charge in [0.2, 0.25) is 12.7 Å². The Hall–Kier alpha value is -3.69. The van der Waals surface area contributed by atoms with E-state index in [-0.39, 0.29) is 19.2 Å². The number of rotatable bonds is 7. The van der Waals surface area contributed by atoms with Gasteiger partial charge < -0.3 is 24.2 Å². The smallest absolute Gasteiger partial charge is 0.327 e. The Morgan fingerprint density at radius 1 is 1.05 bits per heavy atom. The molecule has 8 nitrogen and oxygen atoms in total. The molecule has 192 valence electrons. The number of hydrogen-bond donors (Lipinski definition) is 1. The van der Waals surface area contributed by atoms with E-state index in [1.165, 1.54) is 23.3 Å². The summed E-state index contributed by atoms with van der Waals surface area (Å²) in [4.78, 5) is 42.9. The average molecular weight is 522 g/mol. The zero-order valence-corrected chi connectivity index (χ0v) is 21.5. The molecule has 3 aromatic rings. The Morgan fingerprint density at radius 2 is 1.81 bits per heavy atom. The summed E-state index contributed by atoms with van der Waals surface area (Å²) in [5.74, 6) is -2.47. The third kappa shape index (κ3) is 4.28. The van der Waals surface area contributed by atoms with Gasteiger partial charge in [-0.15, -0.1) is 11.3 Å². The van der Waals surface area contributed by atoms with E-state index in [9.17, 15) is 19.5 Å². The number of carbonyl (C=O) groups excluding carboxylic acids is 2. The maximum absolute atomic E-state index is 14.4. The Labute approximate surface area is 218 Å². The number of nitrogens with zero attached hydrogens (tertiary/aromatic N) is 1. The molecule has 2 aromatic carbocycles.